The zero-order chi connectivity index (χ0) is 15.1. The van der Waals surface area contributed by atoms with Crippen molar-refractivity contribution in [1.82, 2.24) is 0 Å². The van der Waals surface area contributed by atoms with Gasteiger partial charge in [0.15, 0.2) is 0 Å². The van der Waals surface area contributed by atoms with Gasteiger partial charge in [-0.1, -0.05) is 38.0 Å². The van der Waals surface area contributed by atoms with Crippen molar-refractivity contribution in [2.75, 3.05) is 26.9 Å². The van der Waals surface area contributed by atoms with Crippen molar-refractivity contribution >= 4 is 0 Å². The van der Waals surface area contributed by atoms with E-state index in [1.165, 1.54) is 31.2 Å². The topological polar surface area (TPSA) is 44.5 Å². The predicted molar refractivity (Wildman–Crippen MR) is 86.7 cm³/mol. The lowest BCUT2D eigenvalue weighted by atomic mass is 9.70. The predicted octanol–water partition coefficient (Wildman–Crippen LogP) is 3.58. The molecule has 3 unspecified atom stereocenters. The van der Waals surface area contributed by atoms with E-state index in [0.29, 0.717) is 25.0 Å². The van der Waals surface area contributed by atoms with Crippen LogP contribution < -0.4 is 10.5 Å². The van der Waals surface area contributed by atoms with Crippen molar-refractivity contribution in [3.05, 3.63) is 29.8 Å². The van der Waals surface area contributed by atoms with Gasteiger partial charge in [0.05, 0.1) is 6.61 Å². The second-order valence-corrected chi connectivity index (χ2v) is 6.07. The number of benzene rings is 1. The molecule has 118 valence electrons. The van der Waals surface area contributed by atoms with Crippen LogP contribution in [-0.2, 0) is 4.74 Å². The lowest BCUT2D eigenvalue weighted by Crippen LogP contribution is -2.29. The average Bonchev–Trinajstić information content (AvgIpc) is 2.55. The molecule has 0 heterocycles. The summed E-state index contributed by atoms with van der Waals surface area (Å²) in [4.78, 5) is 0. The fourth-order valence-corrected chi connectivity index (χ4v) is 3.51. The average molecular weight is 291 g/mol. The van der Waals surface area contributed by atoms with Gasteiger partial charge in [-0.3, -0.25) is 0 Å². The summed E-state index contributed by atoms with van der Waals surface area (Å²) in [5.74, 6) is 2.95. The van der Waals surface area contributed by atoms with Gasteiger partial charge >= 0.3 is 0 Å². The van der Waals surface area contributed by atoms with Gasteiger partial charge in [-0.15, -0.1) is 0 Å². The molecule has 2 rings (SSSR count). The van der Waals surface area contributed by atoms with Crippen LogP contribution in [0.2, 0.25) is 0 Å². The van der Waals surface area contributed by atoms with Crippen LogP contribution in [0.5, 0.6) is 5.75 Å². The van der Waals surface area contributed by atoms with Gasteiger partial charge in [-0.25, -0.2) is 0 Å². The van der Waals surface area contributed by atoms with E-state index in [4.69, 9.17) is 15.2 Å². The van der Waals surface area contributed by atoms with E-state index in [9.17, 15) is 0 Å². The monoisotopic (exact) mass is 291 g/mol. The summed E-state index contributed by atoms with van der Waals surface area (Å²) < 4.78 is 11.0. The molecular weight excluding hydrogens is 262 g/mol. The van der Waals surface area contributed by atoms with E-state index >= 15 is 0 Å². The van der Waals surface area contributed by atoms with Crippen molar-refractivity contribution in [2.24, 2.45) is 17.6 Å². The van der Waals surface area contributed by atoms with Crippen molar-refractivity contribution in [2.45, 2.75) is 38.5 Å². The highest BCUT2D eigenvalue weighted by molar-refractivity contribution is 5.37. The summed E-state index contributed by atoms with van der Waals surface area (Å²) in [6.07, 6.45) is 5.07. The minimum atomic E-state index is 0.535. The van der Waals surface area contributed by atoms with E-state index in [1.54, 1.807) is 7.11 Å². The maximum Gasteiger partial charge on any atom is 0.122 e. The highest BCUT2D eigenvalue weighted by atomic mass is 16.5. The zero-order valence-corrected chi connectivity index (χ0v) is 13.4. The fourth-order valence-electron chi connectivity index (χ4n) is 3.51. The molecule has 0 amide bonds. The van der Waals surface area contributed by atoms with E-state index in [0.717, 1.165) is 18.2 Å². The molecule has 0 saturated heterocycles. The third-order valence-corrected chi connectivity index (χ3v) is 4.85. The molecule has 1 fully saturated rings. The second-order valence-electron chi connectivity index (χ2n) is 6.07. The first-order valence-electron chi connectivity index (χ1n) is 8.20. The highest BCUT2D eigenvalue weighted by Gasteiger charge is 2.31. The third-order valence-electron chi connectivity index (χ3n) is 4.85. The third kappa shape index (κ3) is 4.21. The molecule has 0 aliphatic heterocycles. The molecule has 21 heavy (non-hydrogen) atoms. The number of nitrogens with two attached hydrogens (primary N) is 1. The van der Waals surface area contributed by atoms with Gasteiger partial charge in [-0.2, -0.15) is 0 Å². The van der Waals surface area contributed by atoms with Gasteiger partial charge in [0, 0.05) is 7.11 Å². The quantitative estimate of drug-likeness (QED) is 0.781. The number of para-hydroxylation sites is 1. The largest absolute Gasteiger partial charge is 0.491 e. The first kappa shape index (κ1) is 16.3. The summed E-state index contributed by atoms with van der Waals surface area (Å²) in [5.41, 5.74) is 7.36. The van der Waals surface area contributed by atoms with Crippen LogP contribution >= 0.6 is 0 Å². The molecule has 0 aromatic heterocycles. The maximum absolute atomic E-state index is 6.03. The number of hydrogen-bond acceptors (Lipinski definition) is 3. The van der Waals surface area contributed by atoms with E-state index in [-0.39, 0.29) is 0 Å². The second kappa shape index (κ2) is 8.40. The molecule has 1 aliphatic carbocycles. The van der Waals surface area contributed by atoms with Crippen LogP contribution in [0.25, 0.3) is 0 Å². The molecule has 1 aliphatic rings. The summed E-state index contributed by atoms with van der Waals surface area (Å²) in [6.45, 7) is 4.29. The molecule has 3 heteroatoms. The number of ether oxygens (including phenoxy) is 2. The first-order chi connectivity index (χ1) is 10.3. The molecule has 1 aromatic rings. The molecule has 0 radical (unpaired) electrons. The van der Waals surface area contributed by atoms with Crippen LogP contribution in [0.4, 0.5) is 0 Å². The van der Waals surface area contributed by atoms with Crippen LogP contribution in [0.1, 0.15) is 44.1 Å². The molecule has 0 spiro atoms. The Morgan fingerprint density at radius 3 is 2.71 bits per heavy atom. The van der Waals surface area contributed by atoms with Crippen molar-refractivity contribution < 1.29 is 9.47 Å². The Bertz CT molecular complexity index is 421. The molecular formula is C18H29NO2. The van der Waals surface area contributed by atoms with Crippen LogP contribution in [-0.4, -0.2) is 26.9 Å². The van der Waals surface area contributed by atoms with Gasteiger partial charge in [0.1, 0.15) is 12.4 Å². The van der Waals surface area contributed by atoms with E-state index < -0.39 is 0 Å². The molecule has 1 aromatic carbocycles. The SMILES string of the molecule is CCC1CCC(CN)C(c2ccccc2OCCOC)C1. The Morgan fingerprint density at radius 1 is 1.19 bits per heavy atom. The smallest absolute Gasteiger partial charge is 0.122 e. The minimum Gasteiger partial charge on any atom is -0.491 e. The maximum atomic E-state index is 6.03. The van der Waals surface area contributed by atoms with Crippen LogP contribution in [0, 0.1) is 11.8 Å². The van der Waals surface area contributed by atoms with Gasteiger partial charge < -0.3 is 15.2 Å². The summed E-state index contributed by atoms with van der Waals surface area (Å²) in [6, 6.07) is 8.45. The normalized spacial score (nSPS) is 25.8. The van der Waals surface area contributed by atoms with Crippen LogP contribution in [0.3, 0.4) is 0 Å². The zero-order valence-electron chi connectivity index (χ0n) is 13.4. The lowest BCUT2D eigenvalue weighted by molar-refractivity contribution is 0.144. The number of methoxy groups -OCH3 is 1. The summed E-state index contributed by atoms with van der Waals surface area (Å²) in [7, 11) is 1.70. The Labute approximate surface area is 128 Å². The standard InChI is InChI=1S/C18H29NO2/c1-3-14-8-9-15(13-19)17(12-14)16-6-4-5-7-18(16)21-11-10-20-2/h4-7,14-15,17H,3,8-13,19H2,1-2H3. The van der Waals surface area contributed by atoms with Gasteiger partial charge in [-0.05, 0) is 48.8 Å². The minimum absolute atomic E-state index is 0.535. The number of hydrogen-bond donors (Lipinski definition) is 1. The van der Waals surface area contributed by atoms with Crippen molar-refractivity contribution in [3.63, 3.8) is 0 Å². The molecule has 1 saturated carbocycles. The highest BCUT2D eigenvalue weighted by Crippen LogP contribution is 2.44. The summed E-state index contributed by atoms with van der Waals surface area (Å²) >= 11 is 0. The number of rotatable bonds is 7. The molecule has 0 bridgehead atoms. The van der Waals surface area contributed by atoms with E-state index in [2.05, 4.69) is 25.1 Å². The molecule has 2 N–H and O–H groups in total. The van der Waals surface area contributed by atoms with E-state index in [1.807, 2.05) is 6.07 Å². The Balaban J connectivity index is 2.17. The first-order valence-corrected chi connectivity index (χ1v) is 8.20. The van der Waals surface area contributed by atoms with Gasteiger partial charge in [0.25, 0.3) is 0 Å². The summed E-state index contributed by atoms with van der Waals surface area (Å²) in [5, 5.41) is 0. The Kier molecular flexibility index (Phi) is 6.52. The van der Waals surface area contributed by atoms with Crippen LogP contribution in [0.15, 0.2) is 24.3 Å². The lowest BCUT2D eigenvalue weighted by Gasteiger charge is -2.36. The molecule has 3 nitrogen and oxygen atoms in total. The fraction of sp³-hybridized carbons (Fsp3) is 0.667. The Hall–Kier alpha value is -1.06. The Morgan fingerprint density at radius 2 is 2.00 bits per heavy atom. The van der Waals surface area contributed by atoms with Crippen molar-refractivity contribution in [3.8, 4) is 5.75 Å². The van der Waals surface area contributed by atoms with Crippen molar-refractivity contribution in [1.29, 1.82) is 0 Å². The van der Waals surface area contributed by atoms with Gasteiger partial charge in [0.2, 0.25) is 0 Å². The molecule has 3 atom stereocenters.